The minimum Gasteiger partial charge on any atom is -0.347 e. The number of fused-ring (bicyclic) bond motifs is 1. The first-order valence-electron chi connectivity index (χ1n) is 9.88. The molecule has 2 fully saturated rings. The molecule has 2 aliphatic rings. The number of nitrogens with one attached hydrogen (secondary N) is 1. The maximum absolute atomic E-state index is 13.2. The van der Waals surface area contributed by atoms with E-state index in [0.717, 1.165) is 6.42 Å². The molecule has 0 aliphatic carbocycles. The maximum Gasteiger partial charge on any atom is 0.287 e. The number of hydrogen-bond acceptors (Lipinski definition) is 5. The summed E-state index contributed by atoms with van der Waals surface area (Å²) >= 11 is 0. The Morgan fingerprint density at radius 1 is 1.25 bits per heavy atom. The van der Waals surface area contributed by atoms with Gasteiger partial charge in [-0.05, 0) is 25.5 Å². The van der Waals surface area contributed by atoms with Crippen molar-refractivity contribution in [3.05, 3.63) is 35.9 Å². The van der Waals surface area contributed by atoms with Crippen molar-refractivity contribution in [2.45, 2.75) is 44.9 Å². The molecule has 0 saturated carbocycles. The molecule has 28 heavy (non-hydrogen) atoms. The zero-order valence-corrected chi connectivity index (χ0v) is 16.3. The van der Waals surface area contributed by atoms with Crippen LogP contribution in [0.3, 0.4) is 0 Å². The SMILES string of the molecule is CCC(C)NC(=O)c1nc(C(=O)N2CCC3(CC2)OCCO3)c2ccccn12. The summed E-state index contributed by atoms with van der Waals surface area (Å²) < 4.78 is 13.2. The Hall–Kier alpha value is -2.45. The number of nitrogens with zero attached hydrogens (tertiary/aromatic N) is 3. The molecule has 0 radical (unpaired) electrons. The number of amides is 2. The van der Waals surface area contributed by atoms with Crippen LogP contribution in [0, 0.1) is 0 Å². The lowest BCUT2D eigenvalue weighted by Crippen LogP contribution is -2.47. The average molecular weight is 386 g/mol. The number of ether oxygens (including phenoxy) is 2. The number of likely N-dealkylation sites (tertiary alicyclic amines) is 1. The molecule has 1 unspecified atom stereocenters. The van der Waals surface area contributed by atoms with Crippen LogP contribution in [-0.2, 0) is 9.47 Å². The summed E-state index contributed by atoms with van der Waals surface area (Å²) in [6.07, 6.45) is 3.87. The van der Waals surface area contributed by atoms with Gasteiger partial charge in [-0.15, -0.1) is 0 Å². The molecule has 1 N–H and O–H groups in total. The van der Waals surface area contributed by atoms with Crippen molar-refractivity contribution in [1.82, 2.24) is 19.6 Å². The number of carbonyl (C=O) groups is 2. The minimum atomic E-state index is -0.533. The fraction of sp³-hybridized carbons (Fsp3) is 0.550. The molecular formula is C20H26N4O4. The molecule has 4 rings (SSSR count). The van der Waals surface area contributed by atoms with Gasteiger partial charge in [0.15, 0.2) is 11.5 Å². The third-order valence-corrected chi connectivity index (χ3v) is 5.57. The van der Waals surface area contributed by atoms with Gasteiger partial charge in [0.2, 0.25) is 5.82 Å². The number of aromatic nitrogens is 2. The van der Waals surface area contributed by atoms with Crippen molar-refractivity contribution in [1.29, 1.82) is 0 Å². The van der Waals surface area contributed by atoms with E-state index in [1.807, 2.05) is 32.0 Å². The first-order valence-corrected chi connectivity index (χ1v) is 9.88. The standard InChI is InChI=1S/C20H26N4O4/c1-3-14(2)21-18(25)17-22-16(15-6-4-5-9-24(15)17)19(26)23-10-7-20(8-11-23)27-12-13-28-20/h4-6,9,14H,3,7-8,10-13H2,1-2H3,(H,21,25). The van der Waals surface area contributed by atoms with Crippen molar-refractivity contribution in [3.63, 3.8) is 0 Å². The molecule has 1 spiro atoms. The van der Waals surface area contributed by atoms with Crippen LogP contribution in [0.2, 0.25) is 0 Å². The van der Waals surface area contributed by atoms with Gasteiger partial charge in [-0.1, -0.05) is 13.0 Å². The second-order valence-electron chi connectivity index (χ2n) is 7.42. The quantitative estimate of drug-likeness (QED) is 0.867. The Morgan fingerprint density at radius 3 is 2.64 bits per heavy atom. The Morgan fingerprint density at radius 2 is 1.96 bits per heavy atom. The van der Waals surface area contributed by atoms with E-state index in [2.05, 4.69) is 10.3 Å². The third-order valence-electron chi connectivity index (χ3n) is 5.57. The van der Waals surface area contributed by atoms with Crippen LogP contribution in [0.5, 0.6) is 0 Å². The van der Waals surface area contributed by atoms with Gasteiger partial charge in [0, 0.05) is 38.2 Å². The molecule has 0 aromatic carbocycles. The van der Waals surface area contributed by atoms with Crippen LogP contribution in [-0.4, -0.2) is 64.2 Å². The highest BCUT2D eigenvalue weighted by atomic mass is 16.7. The van der Waals surface area contributed by atoms with Gasteiger partial charge in [-0.25, -0.2) is 4.98 Å². The van der Waals surface area contributed by atoms with Crippen LogP contribution >= 0.6 is 0 Å². The highest BCUT2D eigenvalue weighted by molar-refractivity contribution is 6.02. The van der Waals surface area contributed by atoms with Gasteiger partial charge in [-0.3, -0.25) is 14.0 Å². The summed E-state index contributed by atoms with van der Waals surface area (Å²) in [4.78, 5) is 32.0. The van der Waals surface area contributed by atoms with Crippen molar-refractivity contribution < 1.29 is 19.1 Å². The molecular weight excluding hydrogens is 360 g/mol. The third kappa shape index (κ3) is 3.38. The van der Waals surface area contributed by atoms with Gasteiger partial charge in [-0.2, -0.15) is 0 Å². The molecule has 2 amide bonds. The zero-order valence-electron chi connectivity index (χ0n) is 16.3. The van der Waals surface area contributed by atoms with Crippen molar-refractivity contribution in [2.24, 2.45) is 0 Å². The molecule has 150 valence electrons. The molecule has 0 bridgehead atoms. The van der Waals surface area contributed by atoms with E-state index in [-0.39, 0.29) is 23.7 Å². The van der Waals surface area contributed by atoms with Crippen LogP contribution in [0.1, 0.15) is 54.2 Å². The predicted octanol–water partition coefficient (Wildman–Crippen LogP) is 1.84. The molecule has 4 heterocycles. The molecule has 2 saturated heterocycles. The van der Waals surface area contributed by atoms with Crippen molar-refractivity contribution in [2.75, 3.05) is 26.3 Å². The van der Waals surface area contributed by atoms with Gasteiger partial charge < -0.3 is 19.7 Å². The molecule has 2 aromatic rings. The van der Waals surface area contributed by atoms with Crippen LogP contribution in [0.4, 0.5) is 0 Å². The summed E-state index contributed by atoms with van der Waals surface area (Å²) in [6.45, 7) is 6.24. The van der Waals surface area contributed by atoms with Gasteiger partial charge in [0.25, 0.3) is 11.8 Å². The number of rotatable bonds is 4. The maximum atomic E-state index is 13.2. The fourth-order valence-electron chi connectivity index (χ4n) is 3.73. The Kier molecular flexibility index (Phi) is 5.07. The number of imidazole rings is 1. The first kappa shape index (κ1) is 18.9. The lowest BCUT2D eigenvalue weighted by molar-refractivity contribution is -0.181. The minimum absolute atomic E-state index is 0.0346. The normalized spacial score (nSPS) is 19.9. The summed E-state index contributed by atoms with van der Waals surface area (Å²) in [5.41, 5.74) is 0.939. The average Bonchev–Trinajstić information content (AvgIpc) is 3.33. The van der Waals surface area contributed by atoms with E-state index in [1.165, 1.54) is 0 Å². The van der Waals surface area contributed by atoms with Crippen molar-refractivity contribution in [3.8, 4) is 0 Å². The largest absolute Gasteiger partial charge is 0.347 e. The van der Waals surface area contributed by atoms with E-state index in [9.17, 15) is 9.59 Å². The summed E-state index contributed by atoms with van der Waals surface area (Å²) in [5, 5.41) is 2.92. The van der Waals surface area contributed by atoms with E-state index in [1.54, 1.807) is 15.5 Å². The molecule has 8 heteroatoms. The highest BCUT2D eigenvalue weighted by Crippen LogP contribution is 2.32. The number of hydrogen-bond donors (Lipinski definition) is 1. The lowest BCUT2D eigenvalue weighted by atomic mass is 10.0. The number of piperidine rings is 1. The van der Waals surface area contributed by atoms with Crippen molar-refractivity contribution >= 4 is 17.3 Å². The summed E-state index contributed by atoms with van der Waals surface area (Å²) in [5.74, 6) is -0.747. The fourth-order valence-corrected chi connectivity index (χ4v) is 3.73. The van der Waals surface area contributed by atoms with Crippen LogP contribution in [0.25, 0.3) is 5.52 Å². The topological polar surface area (TPSA) is 85.2 Å². The number of carbonyl (C=O) groups excluding carboxylic acids is 2. The summed E-state index contributed by atoms with van der Waals surface area (Å²) in [7, 11) is 0. The zero-order chi connectivity index (χ0) is 19.7. The van der Waals surface area contributed by atoms with E-state index < -0.39 is 5.79 Å². The molecule has 1 atom stereocenters. The highest BCUT2D eigenvalue weighted by Gasteiger charge is 2.41. The predicted molar refractivity (Wildman–Crippen MR) is 102 cm³/mol. The van der Waals surface area contributed by atoms with Crippen LogP contribution in [0.15, 0.2) is 24.4 Å². The molecule has 2 aliphatic heterocycles. The van der Waals surface area contributed by atoms with E-state index in [0.29, 0.717) is 50.4 Å². The van der Waals surface area contributed by atoms with Gasteiger partial charge >= 0.3 is 0 Å². The van der Waals surface area contributed by atoms with Gasteiger partial charge in [0.05, 0.1) is 18.7 Å². The molecule has 8 nitrogen and oxygen atoms in total. The molecule has 2 aromatic heterocycles. The Bertz CT molecular complexity index is 877. The monoisotopic (exact) mass is 386 g/mol. The van der Waals surface area contributed by atoms with E-state index >= 15 is 0 Å². The first-order chi connectivity index (χ1) is 13.5. The van der Waals surface area contributed by atoms with E-state index in [4.69, 9.17) is 9.47 Å². The smallest absolute Gasteiger partial charge is 0.287 e. The Labute approximate surface area is 163 Å². The second kappa shape index (κ2) is 7.52. The number of pyridine rings is 1. The van der Waals surface area contributed by atoms with Crippen LogP contribution < -0.4 is 5.32 Å². The lowest BCUT2D eigenvalue weighted by Gasteiger charge is -2.37. The summed E-state index contributed by atoms with van der Waals surface area (Å²) in [6, 6.07) is 5.51. The van der Waals surface area contributed by atoms with Gasteiger partial charge in [0.1, 0.15) is 0 Å². The second-order valence-corrected chi connectivity index (χ2v) is 7.42. The Balaban J connectivity index is 1.58.